The van der Waals surface area contributed by atoms with Gasteiger partial charge in [-0.25, -0.2) is 9.50 Å². The minimum absolute atomic E-state index is 0.119. The van der Waals surface area contributed by atoms with E-state index in [9.17, 15) is 4.79 Å². The number of carboxylic acids is 1. The molecular formula is C12H14N4O3. The molecule has 1 unspecified atom stereocenters. The summed E-state index contributed by atoms with van der Waals surface area (Å²) in [6, 6.07) is 0.875. The van der Waals surface area contributed by atoms with Crippen molar-refractivity contribution in [3.05, 3.63) is 24.2 Å². The highest BCUT2D eigenvalue weighted by molar-refractivity contribution is 5.73. The van der Waals surface area contributed by atoms with Crippen molar-refractivity contribution in [1.29, 1.82) is 0 Å². The Kier molecular flexibility index (Phi) is 2.83. The number of ether oxygens (including phenoxy) is 1. The Hall–Kier alpha value is -2.15. The van der Waals surface area contributed by atoms with Crippen LogP contribution in [-0.4, -0.2) is 38.3 Å². The third-order valence-corrected chi connectivity index (χ3v) is 3.09. The highest BCUT2D eigenvalue weighted by Gasteiger charge is 2.27. The van der Waals surface area contributed by atoms with Gasteiger partial charge in [0.05, 0.1) is 5.69 Å². The monoisotopic (exact) mass is 262 g/mol. The normalized spacial score (nSPS) is 16.5. The molecule has 100 valence electrons. The lowest BCUT2D eigenvalue weighted by atomic mass is 10.3. The van der Waals surface area contributed by atoms with E-state index in [4.69, 9.17) is 15.6 Å². The van der Waals surface area contributed by atoms with Crippen LogP contribution in [0.3, 0.4) is 0 Å². The first-order valence-corrected chi connectivity index (χ1v) is 6.10. The van der Waals surface area contributed by atoms with Gasteiger partial charge in [-0.3, -0.25) is 4.79 Å². The fraction of sp³-hybridized carbons (Fsp3) is 0.417. The van der Waals surface area contributed by atoms with Gasteiger partial charge in [-0.2, -0.15) is 5.10 Å². The van der Waals surface area contributed by atoms with E-state index in [1.807, 2.05) is 6.07 Å². The molecule has 1 fully saturated rings. The zero-order valence-corrected chi connectivity index (χ0v) is 10.2. The number of carbonyl (C=O) groups is 1. The molecule has 1 saturated carbocycles. The standard InChI is InChI=1S/C12H14N4O3/c13-8(12(17)18)6-19-11-10-5-9(7-1-2-7)15-16(10)4-3-14-11/h3-5,7-8H,1-2,6,13H2,(H,17,18). The molecule has 7 heteroatoms. The number of nitrogens with two attached hydrogens (primary N) is 1. The van der Waals surface area contributed by atoms with Crippen molar-refractivity contribution >= 4 is 11.5 Å². The molecule has 1 atom stereocenters. The Morgan fingerprint density at radius 3 is 3.11 bits per heavy atom. The summed E-state index contributed by atoms with van der Waals surface area (Å²) in [6.45, 7) is -0.119. The van der Waals surface area contributed by atoms with Gasteiger partial charge in [0.15, 0.2) is 0 Å². The Balaban J connectivity index is 1.84. The maximum absolute atomic E-state index is 10.6. The second kappa shape index (κ2) is 4.51. The van der Waals surface area contributed by atoms with Crippen LogP contribution >= 0.6 is 0 Å². The van der Waals surface area contributed by atoms with Crippen LogP contribution in [-0.2, 0) is 4.79 Å². The molecule has 7 nitrogen and oxygen atoms in total. The van der Waals surface area contributed by atoms with Crippen molar-refractivity contribution in [3.8, 4) is 5.88 Å². The number of fused-ring (bicyclic) bond motifs is 1. The summed E-state index contributed by atoms with van der Waals surface area (Å²) < 4.78 is 7.07. The first kappa shape index (κ1) is 11.9. The van der Waals surface area contributed by atoms with Crippen molar-refractivity contribution in [2.75, 3.05) is 6.61 Å². The van der Waals surface area contributed by atoms with E-state index in [0.29, 0.717) is 11.8 Å². The Morgan fingerprint density at radius 1 is 1.63 bits per heavy atom. The first-order chi connectivity index (χ1) is 9.15. The quantitative estimate of drug-likeness (QED) is 0.808. The number of hydrogen-bond donors (Lipinski definition) is 2. The summed E-state index contributed by atoms with van der Waals surface area (Å²) in [7, 11) is 0. The van der Waals surface area contributed by atoms with Crippen LogP contribution in [0, 0.1) is 0 Å². The van der Waals surface area contributed by atoms with Crippen LogP contribution in [0.15, 0.2) is 18.5 Å². The van der Waals surface area contributed by atoms with Crippen LogP contribution in [0.5, 0.6) is 5.88 Å². The fourth-order valence-corrected chi connectivity index (χ4v) is 1.85. The summed E-state index contributed by atoms with van der Waals surface area (Å²) in [4.78, 5) is 14.7. The second-order valence-electron chi connectivity index (χ2n) is 4.66. The van der Waals surface area contributed by atoms with E-state index in [-0.39, 0.29) is 6.61 Å². The molecule has 2 aromatic heterocycles. The van der Waals surface area contributed by atoms with E-state index in [0.717, 1.165) is 24.1 Å². The molecule has 0 aromatic carbocycles. The summed E-state index contributed by atoms with van der Waals surface area (Å²) in [5.74, 6) is -0.202. The van der Waals surface area contributed by atoms with Gasteiger partial charge in [-0.05, 0) is 18.9 Å². The Bertz CT molecular complexity index is 620. The van der Waals surface area contributed by atoms with Crippen LogP contribution in [0.1, 0.15) is 24.5 Å². The first-order valence-electron chi connectivity index (χ1n) is 6.10. The molecule has 0 spiro atoms. The average Bonchev–Trinajstić information content (AvgIpc) is 3.15. The van der Waals surface area contributed by atoms with E-state index in [2.05, 4.69) is 10.1 Å². The topological polar surface area (TPSA) is 103 Å². The van der Waals surface area contributed by atoms with Gasteiger partial charge in [0, 0.05) is 18.3 Å². The van der Waals surface area contributed by atoms with Crippen molar-refractivity contribution < 1.29 is 14.6 Å². The largest absolute Gasteiger partial charge is 0.480 e. The van der Waals surface area contributed by atoms with Gasteiger partial charge in [0.25, 0.3) is 0 Å². The van der Waals surface area contributed by atoms with Gasteiger partial charge in [0.2, 0.25) is 5.88 Å². The molecule has 0 bridgehead atoms. The smallest absolute Gasteiger partial charge is 0.324 e. The van der Waals surface area contributed by atoms with Gasteiger partial charge >= 0.3 is 5.97 Å². The van der Waals surface area contributed by atoms with E-state index >= 15 is 0 Å². The molecule has 3 rings (SSSR count). The van der Waals surface area contributed by atoms with Gasteiger partial charge < -0.3 is 15.6 Å². The third-order valence-electron chi connectivity index (χ3n) is 3.09. The SMILES string of the molecule is NC(COc1nccn2nc(C3CC3)cc12)C(=O)O. The van der Waals surface area contributed by atoms with Crippen molar-refractivity contribution in [3.63, 3.8) is 0 Å². The summed E-state index contributed by atoms with van der Waals surface area (Å²) in [5, 5.41) is 13.2. The summed E-state index contributed by atoms with van der Waals surface area (Å²) in [5.41, 5.74) is 7.16. The van der Waals surface area contributed by atoms with E-state index in [1.165, 1.54) is 0 Å². The molecule has 1 aliphatic rings. The van der Waals surface area contributed by atoms with E-state index < -0.39 is 12.0 Å². The van der Waals surface area contributed by atoms with Gasteiger partial charge in [-0.1, -0.05) is 0 Å². The predicted octanol–water partition coefficient (Wildman–Crippen LogP) is 0.397. The number of rotatable bonds is 5. The summed E-state index contributed by atoms with van der Waals surface area (Å²) in [6.07, 6.45) is 5.64. The van der Waals surface area contributed by atoms with E-state index in [1.54, 1.807) is 16.9 Å². The predicted molar refractivity (Wildman–Crippen MR) is 66.1 cm³/mol. The Labute approximate surface area is 109 Å². The highest BCUT2D eigenvalue weighted by Crippen LogP contribution is 2.40. The molecule has 0 aliphatic heterocycles. The molecular weight excluding hydrogens is 248 g/mol. The number of hydrogen-bond acceptors (Lipinski definition) is 5. The molecule has 1 aliphatic carbocycles. The number of aromatic nitrogens is 3. The number of nitrogens with zero attached hydrogens (tertiary/aromatic N) is 3. The zero-order valence-electron chi connectivity index (χ0n) is 10.2. The summed E-state index contributed by atoms with van der Waals surface area (Å²) >= 11 is 0. The molecule has 0 saturated heterocycles. The molecule has 3 N–H and O–H groups in total. The average molecular weight is 262 g/mol. The van der Waals surface area contributed by atoms with Crippen LogP contribution in [0.25, 0.3) is 5.52 Å². The van der Waals surface area contributed by atoms with Crippen molar-refractivity contribution in [2.45, 2.75) is 24.8 Å². The van der Waals surface area contributed by atoms with Crippen LogP contribution < -0.4 is 10.5 Å². The van der Waals surface area contributed by atoms with Crippen molar-refractivity contribution in [2.24, 2.45) is 5.73 Å². The Morgan fingerprint density at radius 2 is 2.42 bits per heavy atom. The van der Waals surface area contributed by atoms with Crippen LogP contribution in [0.4, 0.5) is 0 Å². The zero-order chi connectivity index (χ0) is 13.4. The highest BCUT2D eigenvalue weighted by atomic mass is 16.5. The molecule has 2 aromatic rings. The lowest BCUT2D eigenvalue weighted by Crippen LogP contribution is -2.36. The number of carboxylic acid groups (broad SMARTS) is 1. The molecule has 0 radical (unpaired) electrons. The molecule has 0 amide bonds. The maximum atomic E-state index is 10.6. The second-order valence-corrected chi connectivity index (χ2v) is 4.66. The third kappa shape index (κ3) is 2.37. The van der Waals surface area contributed by atoms with Crippen LogP contribution in [0.2, 0.25) is 0 Å². The molecule has 19 heavy (non-hydrogen) atoms. The number of aliphatic carboxylic acids is 1. The fourth-order valence-electron chi connectivity index (χ4n) is 1.85. The minimum atomic E-state index is -1.10. The molecule has 2 heterocycles. The lowest BCUT2D eigenvalue weighted by molar-refractivity contribution is -0.139. The van der Waals surface area contributed by atoms with Gasteiger partial charge in [-0.15, -0.1) is 0 Å². The minimum Gasteiger partial charge on any atom is -0.480 e. The van der Waals surface area contributed by atoms with Crippen molar-refractivity contribution in [1.82, 2.24) is 14.6 Å². The van der Waals surface area contributed by atoms with Gasteiger partial charge in [0.1, 0.15) is 18.2 Å². The maximum Gasteiger partial charge on any atom is 0.324 e. The lowest BCUT2D eigenvalue weighted by Gasteiger charge is -2.08.